The van der Waals surface area contributed by atoms with Crippen molar-refractivity contribution in [2.45, 2.75) is 6.92 Å². The maximum atomic E-state index is 11.7. The van der Waals surface area contributed by atoms with Crippen LogP contribution >= 0.6 is 0 Å². The number of rotatable bonds is 6. The summed E-state index contributed by atoms with van der Waals surface area (Å²) in [4.78, 5) is 41.9. The van der Waals surface area contributed by atoms with Gasteiger partial charge in [0.2, 0.25) is 0 Å². The van der Waals surface area contributed by atoms with Crippen molar-refractivity contribution in [3.8, 4) is 22.5 Å². The molecule has 0 aliphatic rings. The van der Waals surface area contributed by atoms with E-state index >= 15 is 0 Å². The molecular formula is C16H9N6O8-. The Hall–Kier alpha value is -4.75. The van der Waals surface area contributed by atoms with Crippen molar-refractivity contribution in [3.05, 3.63) is 82.4 Å². The molecule has 0 unspecified atom stereocenters. The van der Waals surface area contributed by atoms with Gasteiger partial charge in [-0.05, 0) is 30.3 Å². The van der Waals surface area contributed by atoms with Crippen molar-refractivity contribution < 1.29 is 19.7 Å². The lowest BCUT2D eigenvalue weighted by molar-refractivity contribution is -0.394. The minimum atomic E-state index is -0.950. The van der Waals surface area contributed by atoms with Crippen LogP contribution in [-0.4, -0.2) is 24.8 Å². The number of non-ortho nitro benzene ring substituents is 1. The highest BCUT2D eigenvalue weighted by atomic mass is 16.6. The van der Waals surface area contributed by atoms with Gasteiger partial charge in [-0.3, -0.25) is 40.5 Å². The van der Waals surface area contributed by atoms with Gasteiger partial charge in [-0.1, -0.05) is 6.07 Å². The number of nitro groups is 4. The molecule has 30 heavy (non-hydrogen) atoms. The number of nitrogens with zero attached hydrogens (tertiary/aromatic N) is 6. The van der Waals surface area contributed by atoms with Crippen LogP contribution in [0.3, 0.4) is 0 Å². The van der Waals surface area contributed by atoms with E-state index in [4.69, 9.17) is 0 Å². The molecule has 1 aromatic heterocycles. The fourth-order valence-corrected chi connectivity index (χ4v) is 2.82. The van der Waals surface area contributed by atoms with Gasteiger partial charge in [0.1, 0.15) is 5.69 Å². The summed E-state index contributed by atoms with van der Waals surface area (Å²) in [5, 5.41) is 52.7. The van der Waals surface area contributed by atoms with E-state index in [9.17, 15) is 40.5 Å². The number of hydrogen-bond acceptors (Lipinski definition) is 9. The smallest absolute Gasteiger partial charge is 0.285 e. The molecule has 0 amide bonds. The normalized spacial score (nSPS) is 10.6. The zero-order valence-electron chi connectivity index (χ0n) is 14.9. The van der Waals surface area contributed by atoms with E-state index in [0.717, 1.165) is 12.1 Å². The fraction of sp³-hybridized carbons (Fsp3) is 0.0625. The first-order valence-electron chi connectivity index (χ1n) is 7.98. The van der Waals surface area contributed by atoms with Crippen LogP contribution in [0.25, 0.3) is 22.5 Å². The molecule has 14 heteroatoms. The summed E-state index contributed by atoms with van der Waals surface area (Å²) in [6.45, 7) is 1.59. The van der Waals surface area contributed by atoms with Gasteiger partial charge in [0.05, 0.1) is 31.3 Å². The average molecular weight is 413 g/mol. The minimum Gasteiger partial charge on any atom is -0.568 e. The zero-order chi connectivity index (χ0) is 22.2. The summed E-state index contributed by atoms with van der Waals surface area (Å²) in [6.07, 6.45) is 0. The molecule has 0 bridgehead atoms. The Kier molecular flexibility index (Phi) is 4.89. The van der Waals surface area contributed by atoms with Crippen LogP contribution in [0.4, 0.5) is 22.7 Å². The summed E-state index contributed by atoms with van der Waals surface area (Å²) in [5.74, 6) is 0. The predicted octanol–water partition coefficient (Wildman–Crippen LogP) is 3.31. The van der Waals surface area contributed by atoms with E-state index < -0.39 is 53.8 Å². The van der Waals surface area contributed by atoms with Crippen molar-refractivity contribution >= 4 is 22.7 Å². The number of nitro benzene ring substituents is 3. The third-order valence-corrected chi connectivity index (χ3v) is 4.13. The van der Waals surface area contributed by atoms with Crippen LogP contribution in [0.5, 0.6) is 0 Å². The monoisotopic (exact) mass is 413 g/mol. The second-order valence-electron chi connectivity index (χ2n) is 6.00. The Labute approximate surface area is 165 Å². The average Bonchev–Trinajstić information content (AvgIpc) is 3.12. The van der Waals surface area contributed by atoms with Crippen LogP contribution in [-0.2, 0) is 0 Å². The van der Waals surface area contributed by atoms with Gasteiger partial charge < -0.3 is 10.2 Å². The molecule has 2 aromatic carbocycles. The lowest BCUT2D eigenvalue weighted by Gasteiger charge is -2.07. The zero-order valence-corrected chi connectivity index (χ0v) is 14.9. The van der Waals surface area contributed by atoms with E-state index in [-0.39, 0.29) is 11.1 Å². The summed E-state index contributed by atoms with van der Waals surface area (Å²) in [5.41, 5.74) is -3.67. The van der Waals surface area contributed by atoms with Crippen LogP contribution < -0.4 is 5.10 Å². The van der Waals surface area contributed by atoms with Crippen molar-refractivity contribution in [1.29, 1.82) is 0 Å². The Morgan fingerprint density at radius 2 is 1.37 bits per heavy atom. The van der Waals surface area contributed by atoms with Gasteiger partial charge >= 0.3 is 0 Å². The minimum absolute atomic E-state index is 0.194. The second kappa shape index (κ2) is 7.34. The van der Waals surface area contributed by atoms with Crippen LogP contribution in [0.15, 0.2) is 36.4 Å². The van der Waals surface area contributed by atoms with Crippen LogP contribution in [0, 0.1) is 47.4 Å². The maximum absolute atomic E-state index is 11.7. The summed E-state index contributed by atoms with van der Waals surface area (Å²) in [6, 6.07) is 6.45. The molecule has 0 fully saturated rings. The van der Waals surface area contributed by atoms with E-state index in [0.29, 0.717) is 11.6 Å². The Morgan fingerprint density at radius 1 is 0.767 bits per heavy atom. The molecule has 152 valence electrons. The van der Waals surface area contributed by atoms with E-state index in [1.165, 1.54) is 18.2 Å². The molecule has 0 radical (unpaired) electrons. The molecule has 0 saturated heterocycles. The third kappa shape index (κ3) is 3.39. The van der Waals surface area contributed by atoms with Gasteiger partial charge in [-0.15, -0.1) is 0 Å². The van der Waals surface area contributed by atoms with Gasteiger partial charge in [0, 0.05) is 17.7 Å². The van der Waals surface area contributed by atoms with Gasteiger partial charge in [-0.25, -0.2) is 0 Å². The molecule has 14 nitrogen and oxygen atoms in total. The van der Waals surface area contributed by atoms with Gasteiger partial charge in [0.25, 0.3) is 22.7 Å². The molecule has 3 aromatic rings. The van der Waals surface area contributed by atoms with E-state index in [2.05, 4.69) is 10.2 Å². The molecule has 0 aliphatic carbocycles. The molecule has 1 heterocycles. The van der Waals surface area contributed by atoms with Gasteiger partial charge in [-0.2, -0.15) is 0 Å². The first-order valence-corrected chi connectivity index (χ1v) is 7.98. The molecule has 0 spiro atoms. The summed E-state index contributed by atoms with van der Waals surface area (Å²) >= 11 is 0. The molecule has 0 N–H and O–H groups in total. The number of aromatic nitrogens is 2. The van der Waals surface area contributed by atoms with E-state index in [1.54, 1.807) is 6.92 Å². The predicted molar refractivity (Wildman–Crippen MR) is 99.8 cm³/mol. The summed E-state index contributed by atoms with van der Waals surface area (Å²) < 4.78 is 0. The molecular weight excluding hydrogens is 404 g/mol. The second-order valence-corrected chi connectivity index (χ2v) is 6.00. The van der Waals surface area contributed by atoms with Crippen LogP contribution in [0.2, 0.25) is 0 Å². The molecule has 0 atom stereocenters. The fourth-order valence-electron chi connectivity index (χ4n) is 2.82. The number of hydrogen-bond donors (Lipinski definition) is 0. The SMILES string of the molecule is Cc1ccc(-c2[n-]nc(-c3ccc([N+](=O)[O-])cc3[N+](=O)[O-])c2[N+](=O)[O-])c([N+](=O)[O-])c1. The maximum Gasteiger partial charge on any atom is 0.285 e. The Bertz CT molecular complexity index is 1230. The highest BCUT2D eigenvalue weighted by molar-refractivity contribution is 5.88. The van der Waals surface area contributed by atoms with E-state index in [1.807, 2.05) is 0 Å². The first kappa shape index (κ1) is 20.0. The summed E-state index contributed by atoms with van der Waals surface area (Å²) in [7, 11) is 0. The molecule has 0 aliphatic heterocycles. The van der Waals surface area contributed by atoms with Crippen LogP contribution in [0.1, 0.15) is 5.56 Å². The number of aryl methyl sites for hydroxylation is 1. The third-order valence-electron chi connectivity index (χ3n) is 4.13. The van der Waals surface area contributed by atoms with Crippen molar-refractivity contribution in [1.82, 2.24) is 10.2 Å². The Balaban J connectivity index is 2.31. The molecule has 0 saturated carbocycles. The standard InChI is InChI=1S/C16H9N6O8/c1-8-2-4-10(12(6-8)20(25)26)14-16(22(29)30)15(18-17-14)11-5-3-9(19(23)24)7-13(11)21(27)28/h2-7H,1H3/q-1. The number of benzene rings is 2. The Morgan fingerprint density at radius 3 is 1.93 bits per heavy atom. The largest absolute Gasteiger partial charge is 0.568 e. The highest BCUT2D eigenvalue weighted by Crippen LogP contribution is 2.43. The highest BCUT2D eigenvalue weighted by Gasteiger charge is 2.29. The molecule has 3 rings (SSSR count). The lowest BCUT2D eigenvalue weighted by Crippen LogP contribution is -1.98. The quantitative estimate of drug-likeness (QED) is 0.426. The van der Waals surface area contributed by atoms with Gasteiger partial charge in [0.15, 0.2) is 0 Å². The van der Waals surface area contributed by atoms with Crippen molar-refractivity contribution in [2.75, 3.05) is 0 Å². The van der Waals surface area contributed by atoms with Crippen molar-refractivity contribution in [2.24, 2.45) is 0 Å². The van der Waals surface area contributed by atoms with Crippen molar-refractivity contribution in [3.63, 3.8) is 0 Å². The first-order chi connectivity index (χ1) is 14.1. The lowest BCUT2D eigenvalue weighted by atomic mass is 10.0. The topological polar surface area (TPSA) is 200 Å².